The van der Waals surface area contributed by atoms with Gasteiger partial charge in [0.05, 0.1) is 23.1 Å². The number of rotatable bonds is 3. The standard InChI is InChI=1S/C23H17N7/c1-30-13-15(12-26-30)14-5-6-20-18(10-14)22(29-28-20)21-11-17-16(7-9-25-23(17)27-21)19-4-2-3-8-24-19/h2-13H,1H3,(H,25,27)(H,28,29). The molecular weight excluding hydrogens is 374 g/mol. The Morgan fingerprint density at radius 3 is 2.70 bits per heavy atom. The highest BCUT2D eigenvalue weighted by atomic mass is 15.2. The Hall–Kier alpha value is -4.26. The Morgan fingerprint density at radius 2 is 1.87 bits per heavy atom. The van der Waals surface area contributed by atoms with Gasteiger partial charge in [0.2, 0.25) is 0 Å². The van der Waals surface area contributed by atoms with E-state index in [-0.39, 0.29) is 0 Å². The SMILES string of the molecule is Cn1cc(-c2ccc3[nH]nc(-c4cc5c(-c6ccccn6)ccnc5[nH]4)c3c2)cn1. The maximum Gasteiger partial charge on any atom is 0.138 e. The van der Waals surface area contributed by atoms with Crippen LogP contribution in [-0.4, -0.2) is 34.9 Å². The minimum Gasteiger partial charge on any atom is -0.338 e. The molecule has 2 N–H and O–H groups in total. The molecule has 0 spiro atoms. The molecule has 0 bridgehead atoms. The maximum atomic E-state index is 4.58. The second-order valence-corrected chi connectivity index (χ2v) is 7.25. The molecule has 0 saturated carbocycles. The fraction of sp³-hybridized carbons (Fsp3) is 0.0435. The van der Waals surface area contributed by atoms with Gasteiger partial charge in [0, 0.05) is 47.5 Å². The van der Waals surface area contributed by atoms with Gasteiger partial charge in [-0.25, -0.2) is 4.98 Å². The Labute approximate surface area is 171 Å². The smallest absolute Gasteiger partial charge is 0.138 e. The van der Waals surface area contributed by atoms with E-state index in [0.717, 1.165) is 55.7 Å². The maximum absolute atomic E-state index is 4.58. The number of aryl methyl sites for hydroxylation is 1. The van der Waals surface area contributed by atoms with Gasteiger partial charge in [-0.05, 0) is 42.0 Å². The van der Waals surface area contributed by atoms with Crippen molar-refractivity contribution in [3.8, 4) is 33.8 Å². The summed E-state index contributed by atoms with van der Waals surface area (Å²) >= 11 is 0. The number of hydrogen-bond acceptors (Lipinski definition) is 4. The highest BCUT2D eigenvalue weighted by Gasteiger charge is 2.15. The van der Waals surface area contributed by atoms with Crippen LogP contribution >= 0.6 is 0 Å². The van der Waals surface area contributed by atoms with E-state index in [1.54, 1.807) is 17.1 Å². The lowest BCUT2D eigenvalue weighted by atomic mass is 10.0. The number of nitrogens with zero attached hydrogens (tertiary/aromatic N) is 5. The van der Waals surface area contributed by atoms with Crippen LogP contribution in [0, 0.1) is 0 Å². The van der Waals surface area contributed by atoms with Crippen LogP contribution in [0.3, 0.4) is 0 Å². The van der Waals surface area contributed by atoms with E-state index in [2.05, 4.69) is 48.4 Å². The zero-order chi connectivity index (χ0) is 20.1. The minimum absolute atomic E-state index is 0.813. The molecule has 0 radical (unpaired) electrons. The molecule has 5 heterocycles. The first-order valence-electron chi connectivity index (χ1n) is 9.63. The van der Waals surface area contributed by atoms with Crippen molar-refractivity contribution in [3.05, 3.63) is 73.3 Å². The molecule has 1 aromatic carbocycles. The molecule has 0 atom stereocenters. The molecule has 6 rings (SSSR count). The van der Waals surface area contributed by atoms with Crippen LogP contribution in [0.1, 0.15) is 0 Å². The summed E-state index contributed by atoms with van der Waals surface area (Å²) in [6, 6.07) is 16.3. The van der Waals surface area contributed by atoms with Gasteiger partial charge >= 0.3 is 0 Å². The molecule has 0 amide bonds. The van der Waals surface area contributed by atoms with Gasteiger partial charge < -0.3 is 4.98 Å². The van der Waals surface area contributed by atoms with E-state index in [4.69, 9.17) is 0 Å². The Balaban J connectivity index is 1.52. The summed E-state index contributed by atoms with van der Waals surface area (Å²) in [4.78, 5) is 12.4. The topological polar surface area (TPSA) is 88.1 Å². The normalized spacial score (nSPS) is 11.5. The first kappa shape index (κ1) is 16.7. The first-order chi connectivity index (χ1) is 14.8. The van der Waals surface area contributed by atoms with E-state index in [1.165, 1.54) is 0 Å². The van der Waals surface area contributed by atoms with E-state index >= 15 is 0 Å². The van der Waals surface area contributed by atoms with Gasteiger partial charge in [0.1, 0.15) is 11.3 Å². The summed E-state index contributed by atoms with van der Waals surface area (Å²) < 4.78 is 1.80. The van der Waals surface area contributed by atoms with Crippen LogP contribution in [0.15, 0.2) is 73.3 Å². The van der Waals surface area contributed by atoms with Gasteiger partial charge in [-0.15, -0.1) is 0 Å². The molecule has 6 aromatic rings. The van der Waals surface area contributed by atoms with Crippen molar-refractivity contribution in [1.82, 2.24) is 34.9 Å². The van der Waals surface area contributed by atoms with Crippen molar-refractivity contribution >= 4 is 21.9 Å². The van der Waals surface area contributed by atoms with Crippen molar-refractivity contribution in [2.24, 2.45) is 7.05 Å². The van der Waals surface area contributed by atoms with E-state index < -0.39 is 0 Å². The van der Waals surface area contributed by atoms with Crippen LogP contribution in [0.2, 0.25) is 0 Å². The lowest BCUT2D eigenvalue weighted by Crippen LogP contribution is -1.84. The molecule has 0 fully saturated rings. The lowest BCUT2D eigenvalue weighted by molar-refractivity contribution is 0.768. The summed E-state index contributed by atoms with van der Waals surface area (Å²) in [7, 11) is 1.92. The van der Waals surface area contributed by atoms with Crippen LogP contribution in [0.5, 0.6) is 0 Å². The second-order valence-electron chi connectivity index (χ2n) is 7.25. The van der Waals surface area contributed by atoms with Crippen LogP contribution < -0.4 is 0 Å². The lowest BCUT2D eigenvalue weighted by Gasteiger charge is -2.00. The van der Waals surface area contributed by atoms with Crippen molar-refractivity contribution in [2.75, 3.05) is 0 Å². The van der Waals surface area contributed by atoms with Gasteiger partial charge in [-0.1, -0.05) is 12.1 Å². The Kier molecular flexibility index (Phi) is 3.55. The minimum atomic E-state index is 0.813. The number of fused-ring (bicyclic) bond motifs is 2. The fourth-order valence-electron chi connectivity index (χ4n) is 3.87. The summed E-state index contributed by atoms with van der Waals surface area (Å²) in [6.07, 6.45) is 7.48. The van der Waals surface area contributed by atoms with Gasteiger partial charge in [0.25, 0.3) is 0 Å². The molecule has 0 saturated heterocycles. The number of benzene rings is 1. The predicted octanol–water partition coefficient (Wildman–Crippen LogP) is 4.57. The molecule has 30 heavy (non-hydrogen) atoms. The average Bonchev–Trinajstić information content (AvgIpc) is 3.50. The van der Waals surface area contributed by atoms with Gasteiger partial charge in [0.15, 0.2) is 0 Å². The average molecular weight is 391 g/mol. The van der Waals surface area contributed by atoms with Crippen molar-refractivity contribution in [2.45, 2.75) is 0 Å². The predicted molar refractivity (Wildman–Crippen MR) is 117 cm³/mol. The molecule has 7 nitrogen and oxygen atoms in total. The molecule has 0 aliphatic heterocycles. The summed E-state index contributed by atoms with van der Waals surface area (Å²) in [5, 5.41) is 14.1. The number of nitrogens with one attached hydrogen (secondary N) is 2. The quantitative estimate of drug-likeness (QED) is 0.463. The molecule has 5 aromatic heterocycles. The highest BCUT2D eigenvalue weighted by Crippen LogP contribution is 2.34. The molecular formula is C23H17N7. The summed E-state index contributed by atoms with van der Waals surface area (Å²) in [6.45, 7) is 0. The van der Waals surface area contributed by atoms with Crippen LogP contribution in [0.4, 0.5) is 0 Å². The van der Waals surface area contributed by atoms with Crippen LogP contribution in [-0.2, 0) is 7.05 Å². The monoisotopic (exact) mass is 391 g/mol. The van der Waals surface area contributed by atoms with E-state index in [1.807, 2.05) is 49.8 Å². The molecule has 0 aliphatic rings. The van der Waals surface area contributed by atoms with E-state index in [0.29, 0.717) is 0 Å². The zero-order valence-corrected chi connectivity index (χ0v) is 16.2. The fourth-order valence-corrected chi connectivity index (χ4v) is 3.87. The highest BCUT2D eigenvalue weighted by molar-refractivity contribution is 6.00. The van der Waals surface area contributed by atoms with Crippen LogP contribution in [0.25, 0.3) is 55.7 Å². The summed E-state index contributed by atoms with van der Waals surface area (Å²) in [5.74, 6) is 0. The summed E-state index contributed by atoms with van der Waals surface area (Å²) in [5.41, 5.74) is 7.70. The number of pyridine rings is 2. The third-order valence-electron chi connectivity index (χ3n) is 5.33. The number of aromatic amines is 2. The zero-order valence-electron chi connectivity index (χ0n) is 16.2. The third-order valence-corrected chi connectivity index (χ3v) is 5.33. The Bertz CT molecular complexity index is 1510. The third kappa shape index (κ3) is 2.60. The van der Waals surface area contributed by atoms with Gasteiger partial charge in [-0.3, -0.25) is 14.8 Å². The molecule has 7 heteroatoms. The van der Waals surface area contributed by atoms with E-state index in [9.17, 15) is 0 Å². The second kappa shape index (κ2) is 6.38. The molecule has 0 aliphatic carbocycles. The number of hydrogen-bond donors (Lipinski definition) is 2. The van der Waals surface area contributed by atoms with Crippen molar-refractivity contribution < 1.29 is 0 Å². The van der Waals surface area contributed by atoms with Gasteiger partial charge in [-0.2, -0.15) is 10.2 Å². The number of aromatic nitrogens is 7. The molecule has 0 unspecified atom stereocenters. The van der Waals surface area contributed by atoms with Crippen molar-refractivity contribution in [3.63, 3.8) is 0 Å². The largest absolute Gasteiger partial charge is 0.338 e. The first-order valence-corrected chi connectivity index (χ1v) is 9.63. The molecule has 144 valence electrons. The number of H-pyrrole nitrogens is 2. The van der Waals surface area contributed by atoms with Crippen molar-refractivity contribution in [1.29, 1.82) is 0 Å². The Morgan fingerprint density at radius 1 is 0.900 bits per heavy atom.